The van der Waals surface area contributed by atoms with Crippen LogP contribution in [0.2, 0.25) is 0 Å². The fourth-order valence-corrected chi connectivity index (χ4v) is 1.17. The van der Waals surface area contributed by atoms with Gasteiger partial charge in [-0.3, -0.25) is 0 Å². The number of methoxy groups -OCH3 is 1. The molecule has 0 aliphatic heterocycles. The first-order valence-electron chi connectivity index (χ1n) is 4.72. The molecule has 0 saturated carbocycles. The highest BCUT2D eigenvalue weighted by molar-refractivity contribution is 5.82. The third-order valence-electron chi connectivity index (χ3n) is 2.26. The molecule has 1 aromatic carbocycles. The van der Waals surface area contributed by atoms with Crippen molar-refractivity contribution in [1.29, 1.82) is 0 Å². The molecule has 0 unspecified atom stereocenters. The van der Waals surface area contributed by atoms with Gasteiger partial charge in [0.15, 0.2) is 0 Å². The van der Waals surface area contributed by atoms with Crippen LogP contribution < -0.4 is 5.32 Å². The van der Waals surface area contributed by atoms with Gasteiger partial charge in [0.25, 0.3) is 0 Å². The van der Waals surface area contributed by atoms with Crippen LogP contribution in [0.4, 0.5) is 5.69 Å². The lowest BCUT2D eigenvalue weighted by Crippen LogP contribution is -1.97. The maximum Gasteiger partial charge on any atom is 0.331 e. The molecule has 0 aromatic heterocycles. The van der Waals surface area contributed by atoms with E-state index in [1.54, 1.807) is 6.20 Å². The van der Waals surface area contributed by atoms with E-state index in [9.17, 15) is 4.79 Å². The molecule has 0 aliphatic rings. The maximum atomic E-state index is 10.8. The normalized spacial score (nSPS) is 10.3. The van der Waals surface area contributed by atoms with Crippen LogP contribution in [0, 0.1) is 13.8 Å². The zero-order valence-electron chi connectivity index (χ0n) is 9.20. The molecule has 0 spiro atoms. The molecule has 80 valence electrons. The first-order chi connectivity index (χ1) is 7.15. The summed E-state index contributed by atoms with van der Waals surface area (Å²) in [6.07, 6.45) is 2.93. The lowest BCUT2D eigenvalue weighted by Gasteiger charge is -2.07. The van der Waals surface area contributed by atoms with E-state index in [0.717, 1.165) is 5.69 Å². The summed E-state index contributed by atoms with van der Waals surface area (Å²) in [6.45, 7) is 4.08. The minimum absolute atomic E-state index is 0.368. The molecular weight excluding hydrogens is 190 g/mol. The van der Waals surface area contributed by atoms with Crippen molar-refractivity contribution >= 4 is 11.7 Å². The molecule has 0 radical (unpaired) electrons. The van der Waals surface area contributed by atoms with Crippen molar-refractivity contribution in [3.05, 3.63) is 41.6 Å². The van der Waals surface area contributed by atoms with Gasteiger partial charge >= 0.3 is 5.97 Å². The molecule has 0 fully saturated rings. The molecule has 0 saturated heterocycles. The second-order valence-corrected chi connectivity index (χ2v) is 3.25. The smallest absolute Gasteiger partial charge is 0.331 e. The summed E-state index contributed by atoms with van der Waals surface area (Å²) >= 11 is 0. The lowest BCUT2D eigenvalue weighted by atomic mass is 10.1. The van der Waals surface area contributed by atoms with Crippen LogP contribution in [0.5, 0.6) is 0 Å². The Balaban J connectivity index is 2.70. The van der Waals surface area contributed by atoms with Gasteiger partial charge in [0.2, 0.25) is 0 Å². The van der Waals surface area contributed by atoms with Gasteiger partial charge in [0.1, 0.15) is 0 Å². The van der Waals surface area contributed by atoms with Gasteiger partial charge in [-0.2, -0.15) is 0 Å². The molecule has 3 nitrogen and oxygen atoms in total. The van der Waals surface area contributed by atoms with E-state index >= 15 is 0 Å². The molecule has 0 aliphatic carbocycles. The van der Waals surface area contributed by atoms with Crippen LogP contribution in [-0.2, 0) is 9.53 Å². The van der Waals surface area contributed by atoms with Gasteiger partial charge in [-0.1, -0.05) is 12.1 Å². The largest absolute Gasteiger partial charge is 0.466 e. The van der Waals surface area contributed by atoms with Gasteiger partial charge in [-0.25, -0.2) is 4.79 Å². The van der Waals surface area contributed by atoms with E-state index in [-0.39, 0.29) is 5.97 Å². The molecule has 3 heteroatoms. The van der Waals surface area contributed by atoms with Crippen LogP contribution in [-0.4, -0.2) is 13.1 Å². The number of benzene rings is 1. The highest BCUT2D eigenvalue weighted by Gasteiger charge is 1.97. The molecule has 1 rings (SSSR count). The molecule has 15 heavy (non-hydrogen) atoms. The van der Waals surface area contributed by atoms with Gasteiger partial charge in [-0.05, 0) is 31.0 Å². The van der Waals surface area contributed by atoms with E-state index in [2.05, 4.69) is 10.1 Å². The van der Waals surface area contributed by atoms with Crippen molar-refractivity contribution in [2.75, 3.05) is 12.4 Å². The lowest BCUT2D eigenvalue weighted by molar-refractivity contribution is -0.134. The Hall–Kier alpha value is -1.77. The minimum Gasteiger partial charge on any atom is -0.466 e. The van der Waals surface area contributed by atoms with Gasteiger partial charge in [-0.15, -0.1) is 0 Å². The van der Waals surface area contributed by atoms with Crippen LogP contribution in [0.25, 0.3) is 0 Å². The van der Waals surface area contributed by atoms with E-state index in [4.69, 9.17) is 0 Å². The Morgan fingerprint density at radius 3 is 2.80 bits per heavy atom. The summed E-state index contributed by atoms with van der Waals surface area (Å²) in [5.74, 6) is -0.368. The monoisotopic (exact) mass is 205 g/mol. The summed E-state index contributed by atoms with van der Waals surface area (Å²) in [7, 11) is 1.35. The van der Waals surface area contributed by atoms with Crippen molar-refractivity contribution < 1.29 is 9.53 Å². The quantitative estimate of drug-likeness (QED) is 0.608. The van der Waals surface area contributed by atoms with Crippen molar-refractivity contribution in [2.45, 2.75) is 13.8 Å². The fourth-order valence-electron chi connectivity index (χ4n) is 1.17. The maximum absolute atomic E-state index is 10.8. The first-order valence-corrected chi connectivity index (χ1v) is 4.72. The summed E-state index contributed by atoms with van der Waals surface area (Å²) in [5.41, 5.74) is 3.38. The highest BCUT2D eigenvalue weighted by Crippen LogP contribution is 2.17. The Kier molecular flexibility index (Phi) is 3.92. The Morgan fingerprint density at radius 1 is 1.40 bits per heavy atom. The van der Waals surface area contributed by atoms with Gasteiger partial charge in [0.05, 0.1) is 7.11 Å². The molecule has 1 aromatic rings. The first kappa shape index (κ1) is 11.3. The summed E-state index contributed by atoms with van der Waals surface area (Å²) in [5, 5.41) is 3.04. The Bertz CT molecular complexity index is 383. The predicted molar refractivity (Wildman–Crippen MR) is 60.7 cm³/mol. The Morgan fingerprint density at radius 2 is 2.13 bits per heavy atom. The number of rotatable bonds is 3. The zero-order chi connectivity index (χ0) is 11.3. The predicted octanol–water partition coefficient (Wildman–Crippen LogP) is 2.40. The van der Waals surface area contributed by atoms with Crippen molar-refractivity contribution in [3.8, 4) is 0 Å². The number of hydrogen-bond acceptors (Lipinski definition) is 3. The molecular formula is C12H15NO2. The number of carbonyl (C=O) groups excluding carboxylic acids is 1. The van der Waals surface area contributed by atoms with Crippen molar-refractivity contribution in [3.63, 3.8) is 0 Å². The topological polar surface area (TPSA) is 38.3 Å². The number of anilines is 1. The number of aryl methyl sites for hydroxylation is 1. The number of ether oxygens (including phenoxy) is 1. The average molecular weight is 205 g/mol. The van der Waals surface area contributed by atoms with Crippen LogP contribution in [0.3, 0.4) is 0 Å². The molecule has 1 N–H and O–H groups in total. The summed E-state index contributed by atoms with van der Waals surface area (Å²) < 4.78 is 4.48. The molecule has 0 amide bonds. The van der Waals surface area contributed by atoms with Crippen LogP contribution in [0.15, 0.2) is 30.5 Å². The van der Waals surface area contributed by atoms with E-state index in [0.29, 0.717) is 0 Å². The highest BCUT2D eigenvalue weighted by atomic mass is 16.5. The second kappa shape index (κ2) is 5.20. The third-order valence-corrected chi connectivity index (χ3v) is 2.26. The zero-order valence-corrected chi connectivity index (χ0v) is 9.20. The average Bonchev–Trinajstić information content (AvgIpc) is 2.24. The Labute approximate surface area is 89.8 Å². The SMILES string of the molecule is COC(=O)/C=C/Nc1cccc(C)c1C. The van der Waals surface area contributed by atoms with E-state index in [1.165, 1.54) is 24.3 Å². The van der Waals surface area contributed by atoms with E-state index < -0.39 is 0 Å². The van der Waals surface area contributed by atoms with Gasteiger partial charge in [0, 0.05) is 18.0 Å². The minimum atomic E-state index is -0.368. The van der Waals surface area contributed by atoms with Gasteiger partial charge < -0.3 is 10.1 Å². The fraction of sp³-hybridized carbons (Fsp3) is 0.250. The number of carbonyl (C=O) groups is 1. The van der Waals surface area contributed by atoms with Crippen LogP contribution in [0.1, 0.15) is 11.1 Å². The van der Waals surface area contributed by atoms with E-state index in [1.807, 2.05) is 32.0 Å². The number of esters is 1. The molecule has 0 bridgehead atoms. The summed E-state index contributed by atoms with van der Waals surface area (Å²) in [6, 6.07) is 5.98. The standard InChI is InChI=1S/C12H15NO2/c1-9-5-4-6-11(10(9)2)13-8-7-12(14)15-3/h4-8,13H,1-3H3/b8-7+. The summed E-state index contributed by atoms with van der Waals surface area (Å²) in [4.78, 5) is 10.8. The number of nitrogens with one attached hydrogen (secondary N) is 1. The number of hydrogen-bond donors (Lipinski definition) is 1. The van der Waals surface area contributed by atoms with Crippen molar-refractivity contribution in [2.24, 2.45) is 0 Å². The van der Waals surface area contributed by atoms with Crippen molar-refractivity contribution in [1.82, 2.24) is 0 Å². The second-order valence-electron chi connectivity index (χ2n) is 3.25. The van der Waals surface area contributed by atoms with Crippen LogP contribution >= 0.6 is 0 Å². The molecule has 0 atom stereocenters. The third kappa shape index (κ3) is 3.13. The molecule has 0 heterocycles.